The third-order valence-electron chi connectivity index (χ3n) is 4.76. The van der Waals surface area contributed by atoms with Crippen LogP contribution in [-0.2, 0) is 18.3 Å². The number of aromatic nitrogens is 2. The van der Waals surface area contributed by atoms with Crippen LogP contribution in [0.4, 0.5) is 10.3 Å². The van der Waals surface area contributed by atoms with E-state index in [-0.39, 0.29) is 18.3 Å². The maximum absolute atomic E-state index is 13.2. The Labute approximate surface area is 156 Å². The van der Waals surface area contributed by atoms with E-state index in [0.717, 1.165) is 35.6 Å². The lowest BCUT2D eigenvalue weighted by Gasteiger charge is -2.27. The Hall–Kier alpha value is -2.93. The molecule has 0 spiro atoms. The molecule has 1 aliphatic heterocycles. The van der Waals surface area contributed by atoms with Gasteiger partial charge in [-0.25, -0.2) is 9.37 Å². The van der Waals surface area contributed by atoms with Gasteiger partial charge in [0.15, 0.2) is 0 Å². The normalized spacial score (nSPS) is 14.5. The number of nitrogens with one attached hydrogen (secondary N) is 1. The second-order valence-electron chi connectivity index (χ2n) is 6.59. The Morgan fingerprint density at radius 1 is 1.22 bits per heavy atom. The van der Waals surface area contributed by atoms with Crippen LogP contribution < -0.4 is 10.2 Å². The summed E-state index contributed by atoms with van der Waals surface area (Å²) in [6, 6.07) is 11.7. The van der Waals surface area contributed by atoms with E-state index >= 15 is 0 Å². The minimum Gasteiger partial charge on any atom is -0.378 e. The predicted molar refractivity (Wildman–Crippen MR) is 101 cm³/mol. The number of halogens is 1. The zero-order valence-electron chi connectivity index (χ0n) is 15.1. The van der Waals surface area contributed by atoms with Crippen molar-refractivity contribution in [3.05, 3.63) is 59.4 Å². The van der Waals surface area contributed by atoms with Crippen LogP contribution in [0.5, 0.6) is 0 Å². The highest BCUT2D eigenvalue weighted by atomic mass is 19.1. The molecule has 0 radical (unpaired) electrons. The monoisotopic (exact) mass is 368 g/mol. The maximum Gasteiger partial charge on any atom is 0.251 e. The molecule has 1 aliphatic rings. The standard InChI is InChI=1S/C20H21FN4O2/c1-24-18-6-5-15(19(26)22-13-14-3-2-4-16(21)11-14)12-17(18)23-20(24)25-7-9-27-10-8-25/h2-6,11-12H,7-10,13H2,1H3,(H,22,26). The largest absolute Gasteiger partial charge is 0.378 e. The fourth-order valence-electron chi connectivity index (χ4n) is 3.31. The van der Waals surface area contributed by atoms with E-state index in [9.17, 15) is 9.18 Å². The van der Waals surface area contributed by atoms with Gasteiger partial charge in [0.05, 0.1) is 24.2 Å². The number of aryl methyl sites for hydroxylation is 1. The molecule has 1 N–H and O–H groups in total. The molecular weight excluding hydrogens is 347 g/mol. The van der Waals surface area contributed by atoms with Gasteiger partial charge in [0.25, 0.3) is 5.91 Å². The summed E-state index contributed by atoms with van der Waals surface area (Å²) in [5.41, 5.74) is 3.00. The molecule has 2 aromatic carbocycles. The number of hydrogen-bond donors (Lipinski definition) is 1. The zero-order chi connectivity index (χ0) is 18.8. The van der Waals surface area contributed by atoms with E-state index < -0.39 is 0 Å². The van der Waals surface area contributed by atoms with Crippen molar-refractivity contribution in [3.8, 4) is 0 Å². The van der Waals surface area contributed by atoms with Gasteiger partial charge < -0.3 is 19.5 Å². The third-order valence-corrected chi connectivity index (χ3v) is 4.76. The van der Waals surface area contributed by atoms with Gasteiger partial charge in [0, 0.05) is 32.2 Å². The third kappa shape index (κ3) is 3.64. The van der Waals surface area contributed by atoms with Gasteiger partial charge in [-0.05, 0) is 35.9 Å². The van der Waals surface area contributed by atoms with Crippen LogP contribution in [0.1, 0.15) is 15.9 Å². The zero-order valence-corrected chi connectivity index (χ0v) is 15.1. The van der Waals surface area contributed by atoms with E-state index in [1.807, 2.05) is 17.7 Å². The number of morpholine rings is 1. The molecule has 27 heavy (non-hydrogen) atoms. The molecule has 1 saturated heterocycles. The number of nitrogens with zero attached hydrogens (tertiary/aromatic N) is 3. The molecule has 3 aromatic rings. The molecule has 4 rings (SSSR count). The Balaban J connectivity index is 1.53. The summed E-state index contributed by atoms with van der Waals surface area (Å²) in [5, 5.41) is 2.82. The van der Waals surface area contributed by atoms with Crippen LogP contribution >= 0.6 is 0 Å². The molecule has 0 bridgehead atoms. The summed E-state index contributed by atoms with van der Waals surface area (Å²) in [5.74, 6) is 0.359. The first-order valence-corrected chi connectivity index (χ1v) is 8.93. The van der Waals surface area contributed by atoms with Gasteiger partial charge in [-0.15, -0.1) is 0 Å². The van der Waals surface area contributed by atoms with Crippen molar-refractivity contribution >= 4 is 22.9 Å². The van der Waals surface area contributed by atoms with Gasteiger partial charge in [-0.3, -0.25) is 4.79 Å². The second-order valence-corrected chi connectivity index (χ2v) is 6.59. The van der Waals surface area contributed by atoms with Crippen LogP contribution in [0.3, 0.4) is 0 Å². The molecular formula is C20H21FN4O2. The fourth-order valence-corrected chi connectivity index (χ4v) is 3.31. The molecule has 0 saturated carbocycles. The summed E-state index contributed by atoms with van der Waals surface area (Å²) in [7, 11) is 1.98. The van der Waals surface area contributed by atoms with E-state index in [1.165, 1.54) is 12.1 Å². The number of ether oxygens (including phenoxy) is 1. The number of hydrogen-bond acceptors (Lipinski definition) is 4. The molecule has 2 heterocycles. The minimum atomic E-state index is -0.313. The average molecular weight is 368 g/mol. The second kappa shape index (κ2) is 7.36. The van der Waals surface area contributed by atoms with Crippen molar-refractivity contribution in [2.24, 2.45) is 7.05 Å². The van der Waals surface area contributed by atoms with Gasteiger partial charge in [0.2, 0.25) is 5.95 Å². The molecule has 1 amide bonds. The minimum absolute atomic E-state index is 0.209. The topological polar surface area (TPSA) is 59.4 Å². The lowest BCUT2D eigenvalue weighted by molar-refractivity contribution is 0.0951. The number of amides is 1. The number of fused-ring (bicyclic) bond motifs is 1. The van der Waals surface area contributed by atoms with Crippen molar-refractivity contribution in [3.63, 3.8) is 0 Å². The average Bonchev–Trinajstić information content (AvgIpc) is 3.03. The molecule has 0 aliphatic carbocycles. The van der Waals surface area contributed by atoms with Crippen molar-refractivity contribution in [1.82, 2.24) is 14.9 Å². The highest BCUT2D eigenvalue weighted by Gasteiger charge is 2.18. The predicted octanol–water partition coefficient (Wildman–Crippen LogP) is 2.48. The van der Waals surface area contributed by atoms with Crippen LogP contribution in [0, 0.1) is 5.82 Å². The molecule has 1 aromatic heterocycles. The number of carbonyl (C=O) groups is 1. The summed E-state index contributed by atoms with van der Waals surface area (Å²) in [6.45, 7) is 3.26. The van der Waals surface area contributed by atoms with Gasteiger partial charge in [-0.2, -0.15) is 0 Å². The van der Waals surface area contributed by atoms with Gasteiger partial charge in [0.1, 0.15) is 5.82 Å². The summed E-state index contributed by atoms with van der Waals surface area (Å²) >= 11 is 0. The first kappa shape index (κ1) is 17.5. The van der Waals surface area contributed by atoms with E-state index in [2.05, 4.69) is 10.2 Å². The lowest BCUT2D eigenvalue weighted by atomic mass is 10.1. The molecule has 7 heteroatoms. The lowest BCUT2D eigenvalue weighted by Crippen LogP contribution is -2.37. The summed E-state index contributed by atoms with van der Waals surface area (Å²) in [4.78, 5) is 19.4. The van der Waals surface area contributed by atoms with Crippen LogP contribution in [-0.4, -0.2) is 41.8 Å². The Bertz CT molecular complexity index is 979. The Morgan fingerprint density at radius 3 is 2.81 bits per heavy atom. The first-order chi connectivity index (χ1) is 13.1. The molecule has 0 unspecified atom stereocenters. The fraction of sp³-hybridized carbons (Fsp3) is 0.300. The Kier molecular flexibility index (Phi) is 4.77. The SMILES string of the molecule is Cn1c(N2CCOCC2)nc2cc(C(=O)NCc3cccc(F)c3)ccc21. The first-order valence-electron chi connectivity index (χ1n) is 8.93. The van der Waals surface area contributed by atoms with Crippen molar-refractivity contribution < 1.29 is 13.9 Å². The highest BCUT2D eigenvalue weighted by molar-refractivity contribution is 5.97. The van der Waals surface area contributed by atoms with E-state index in [1.54, 1.807) is 24.3 Å². The number of benzene rings is 2. The van der Waals surface area contributed by atoms with Crippen LogP contribution in [0.15, 0.2) is 42.5 Å². The van der Waals surface area contributed by atoms with Crippen LogP contribution in [0.25, 0.3) is 11.0 Å². The van der Waals surface area contributed by atoms with Gasteiger partial charge >= 0.3 is 0 Å². The molecule has 6 nitrogen and oxygen atoms in total. The highest BCUT2D eigenvalue weighted by Crippen LogP contribution is 2.23. The van der Waals surface area contributed by atoms with Crippen molar-refractivity contribution in [2.75, 3.05) is 31.2 Å². The van der Waals surface area contributed by atoms with Gasteiger partial charge in [-0.1, -0.05) is 12.1 Å². The summed E-state index contributed by atoms with van der Waals surface area (Å²) < 4.78 is 20.7. The molecule has 140 valence electrons. The maximum atomic E-state index is 13.2. The number of anilines is 1. The quantitative estimate of drug-likeness (QED) is 0.769. The van der Waals surface area contributed by atoms with Crippen molar-refractivity contribution in [2.45, 2.75) is 6.54 Å². The van der Waals surface area contributed by atoms with Crippen molar-refractivity contribution in [1.29, 1.82) is 0 Å². The Morgan fingerprint density at radius 2 is 2.04 bits per heavy atom. The number of carbonyl (C=O) groups excluding carboxylic acids is 1. The molecule has 1 fully saturated rings. The van der Waals surface area contributed by atoms with E-state index in [4.69, 9.17) is 9.72 Å². The number of imidazole rings is 1. The summed E-state index contributed by atoms with van der Waals surface area (Å²) in [6.07, 6.45) is 0. The molecule has 0 atom stereocenters. The van der Waals surface area contributed by atoms with Crippen LogP contribution in [0.2, 0.25) is 0 Å². The smallest absolute Gasteiger partial charge is 0.251 e. The van der Waals surface area contributed by atoms with E-state index in [0.29, 0.717) is 18.8 Å². The number of rotatable bonds is 4.